The highest BCUT2D eigenvalue weighted by atomic mass is 16.6. The Morgan fingerprint density at radius 1 is 0.688 bits per heavy atom. The normalized spacial score (nSPS) is 21.6. The van der Waals surface area contributed by atoms with Gasteiger partial charge in [0.1, 0.15) is 11.2 Å². The van der Waals surface area contributed by atoms with E-state index < -0.39 is 22.2 Å². The summed E-state index contributed by atoms with van der Waals surface area (Å²) < 4.78 is 0. The Kier molecular flexibility index (Phi) is 4.59. The average molecular weight is 425 g/mol. The molecule has 0 N–H and O–H groups in total. The molecule has 0 heterocycles. The summed E-state index contributed by atoms with van der Waals surface area (Å²) in [6.45, 7) is 0. The second-order valence-electron chi connectivity index (χ2n) is 8.38. The Morgan fingerprint density at radius 2 is 1.16 bits per heavy atom. The molecule has 3 aromatic carbocycles. The molecule has 0 amide bonds. The van der Waals surface area contributed by atoms with Crippen molar-refractivity contribution in [3.63, 3.8) is 0 Å². The summed E-state index contributed by atoms with van der Waals surface area (Å²) in [4.78, 5) is 51.5. The van der Waals surface area contributed by atoms with Crippen LogP contribution in [0.4, 0.5) is 5.69 Å². The van der Waals surface area contributed by atoms with E-state index in [4.69, 9.17) is 0 Å². The fourth-order valence-corrected chi connectivity index (χ4v) is 5.44. The standard InChI is InChI=1S/C26H19NO5/c28-19-14-22(16-6-2-1-3-7-16)26(24(29)20-8-4-5-9-21(20)25(26)30)23(15-19)17-10-12-18(13-11-17)27(31)32/h1-13,22-23H,14-15H2/t22-,23+/m0/s1. The Hall–Kier alpha value is -3.93. The Labute approximate surface area is 184 Å². The zero-order valence-corrected chi connectivity index (χ0v) is 17.1. The summed E-state index contributed by atoms with van der Waals surface area (Å²) in [5.74, 6) is -1.91. The van der Waals surface area contributed by atoms with E-state index in [0.717, 1.165) is 5.56 Å². The smallest absolute Gasteiger partial charge is 0.269 e. The van der Waals surface area contributed by atoms with Crippen LogP contribution in [0.5, 0.6) is 0 Å². The van der Waals surface area contributed by atoms with Crippen molar-refractivity contribution in [3.05, 3.63) is 111 Å². The molecule has 158 valence electrons. The molecule has 6 heteroatoms. The third-order valence-corrected chi connectivity index (χ3v) is 6.84. The first kappa shape index (κ1) is 20.0. The monoisotopic (exact) mass is 425 g/mol. The van der Waals surface area contributed by atoms with Crippen molar-refractivity contribution < 1.29 is 19.3 Å². The lowest BCUT2D eigenvalue weighted by Gasteiger charge is -2.44. The lowest BCUT2D eigenvalue weighted by Crippen LogP contribution is -2.49. The molecule has 1 saturated carbocycles. The minimum absolute atomic E-state index is 0.0343. The number of rotatable bonds is 3. The molecule has 3 aromatic rings. The highest BCUT2D eigenvalue weighted by molar-refractivity contribution is 6.31. The first-order valence-electron chi connectivity index (χ1n) is 10.4. The average Bonchev–Trinajstić information content (AvgIpc) is 3.04. The van der Waals surface area contributed by atoms with Gasteiger partial charge in [-0.05, 0) is 11.1 Å². The summed E-state index contributed by atoms with van der Waals surface area (Å²) >= 11 is 0. The van der Waals surface area contributed by atoms with E-state index in [1.54, 1.807) is 36.4 Å². The number of nitro groups is 1. The number of hydrogen-bond acceptors (Lipinski definition) is 5. The van der Waals surface area contributed by atoms with Gasteiger partial charge in [-0.25, -0.2) is 0 Å². The number of benzene rings is 3. The number of fused-ring (bicyclic) bond motifs is 1. The summed E-state index contributed by atoms with van der Waals surface area (Å²) in [7, 11) is 0. The Balaban J connectivity index is 1.75. The van der Waals surface area contributed by atoms with Crippen LogP contribution in [-0.4, -0.2) is 22.3 Å². The fraction of sp³-hybridized carbons (Fsp3) is 0.192. The van der Waals surface area contributed by atoms with Crippen LogP contribution in [0, 0.1) is 15.5 Å². The van der Waals surface area contributed by atoms with Crippen LogP contribution in [0.15, 0.2) is 78.9 Å². The Bertz CT molecular complexity index is 1230. The molecule has 5 rings (SSSR count). The SMILES string of the molecule is O=C1C[C@H](c2ccc([N+](=O)[O-])cc2)C2(C(=O)c3ccccc3C2=O)[C@H](c2ccccc2)C1. The second-order valence-corrected chi connectivity index (χ2v) is 8.38. The molecule has 1 fully saturated rings. The van der Waals surface area contributed by atoms with Crippen molar-refractivity contribution in [1.29, 1.82) is 0 Å². The summed E-state index contributed by atoms with van der Waals surface area (Å²) in [6.07, 6.45) is 0.131. The molecule has 0 aromatic heterocycles. The topological polar surface area (TPSA) is 94.3 Å². The van der Waals surface area contributed by atoms with Gasteiger partial charge in [0.2, 0.25) is 0 Å². The quantitative estimate of drug-likeness (QED) is 0.338. The van der Waals surface area contributed by atoms with Gasteiger partial charge in [-0.15, -0.1) is 0 Å². The van der Waals surface area contributed by atoms with Crippen LogP contribution in [0.2, 0.25) is 0 Å². The maximum atomic E-state index is 14.0. The Morgan fingerprint density at radius 3 is 1.66 bits per heavy atom. The predicted molar refractivity (Wildman–Crippen MR) is 117 cm³/mol. The van der Waals surface area contributed by atoms with Crippen molar-refractivity contribution in [2.75, 3.05) is 0 Å². The molecule has 0 aliphatic heterocycles. The highest BCUT2D eigenvalue weighted by Gasteiger charge is 2.64. The van der Waals surface area contributed by atoms with E-state index in [1.807, 2.05) is 30.3 Å². The van der Waals surface area contributed by atoms with Crippen LogP contribution in [0.25, 0.3) is 0 Å². The van der Waals surface area contributed by atoms with Crippen molar-refractivity contribution >= 4 is 23.0 Å². The maximum absolute atomic E-state index is 14.0. The van der Waals surface area contributed by atoms with Crippen LogP contribution in [0.3, 0.4) is 0 Å². The molecule has 2 aliphatic rings. The number of carbonyl (C=O) groups excluding carboxylic acids is 3. The number of ketones is 3. The zero-order valence-electron chi connectivity index (χ0n) is 17.1. The number of nitrogens with zero attached hydrogens (tertiary/aromatic N) is 1. The van der Waals surface area contributed by atoms with Gasteiger partial charge < -0.3 is 0 Å². The molecule has 0 radical (unpaired) electrons. The van der Waals surface area contributed by atoms with Gasteiger partial charge in [-0.2, -0.15) is 0 Å². The van der Waals surface area contributed by atoms with E-state index in [2.05, 4.69) is 0 Å². The lowest BCUT2D eigenvalue weighted by molar-refractivity contribution is -0.384. The molecular formula is C26H19NO5. The maximum Gasteiger partial charge on any atom is 0.269 e. The molecule has 0 unspecified atom stereocenters. The van der Waals surface area contributed by atoms with E-state index >= 15 is 0 Å². The van der Waals surface area contributed by atoms with E-state index in [0.29, 0.717) is 16.7 Å². The second kappa shape index (κ2) is 7.34. The van der Waals surface area contributed by atoms with Crippen LogP contribution < -0.4 is 0 Å². The number of carbonyl (C=O) groups is 3. The van der Waals surface area contributed by atoms with Gasteiger partial charge in [0.05, 0.1) is 4.92 Å². The predicted octanol–water partition coefficient (Wildman–Crippen LogP) is 4.89. The minimum atomic E-state index is -1.46. The van der Waals surface area contributed by atoms with Crippen LogP contribution >= 0.6 is 0 Å². The fourth-order valence-electron chi connectivity index (χ4n) is 5.44. The van der Waals surface area contributed by atoms with Gasteiger partial charge in [-0.1, -0.05) is 66.7 Å². The van der Waals surface area contributed by atoms with E-state index in [1.165, 1.54) is 12.1 Å². The van der Waals surface area contributed by atoms with Gasteiger partial charge >= 0.3 is 0 Å². The highest BCUT2D eigenvalue weighted by Crippen LogP contribution is 2.60. The van der Waals surface area contributed by atoms with Crippen LogP contribution in [0.1, 0.15) is 56.5 Å². The van der Waals surface area contributed by atoms with Gasteiger partial charge in [0.25, 0.3) is 5.69 Å². The number of non-ortho nitro benzene ring substituents is 1. The molecule has 2 atom stereocenters. The largest absolute Gasteiger partial charge is 0.300 e. The van der Waals surface area contributed by atoms with Gasteiger partial charge in [0.15, 0.2) is 11.6 Å². The minimum Gasteiger partial charge on any atom is -0.300 e. The third-order valence-electron chi connectivity index (χ3n) is 6.84. The molecule has 0 bridgehead atoms. The summed E-state index contributed by atoms with van der Waals surface area (Å²) in [5, 5.41) is 11.1. The van der Waals surface area contributed by atoms with Gasteiger partial charge in [0, 0.05) is 47.9 Å². The van der Waals surface area contributed by atoms with Crippen molar-refractivity contribution in [2.45, 2.75) is 24.7 Å². The van der Waals surface area contributed by atoms with Gasteiger partial charge in [-0.3, -0.25) is 24.5 Å². The molecule has 6 nitrogen and oxygen atoms in total. The van der Waals surface area contributed by atoms with Crippen molar-refractivity contribution in [2.24, 2.45) is 5.41 Å². The molecular weight excluding hydrogens is 406 g/mol. The molecule has 2 aliphatic carbocycles. The number of nitro benzene ring substituents is 1. The van der Waals surface area contributed by atoms with Crippen molar-refractivity contribution in [1.82, 2.24) is 0 Å². The third kappa shape index (κ3) is 2.76. The molecule has 1 spiro atoms. The molecule has 0 saturated heterocycles. The van der Waals surface area contributed by atoms with Crippen LogP contribution in [-0.2, 0) is 4.79 Å². The number of Topliss-reactive ketones (excluding diaryl/α,β-unsaturated/α-hetero) is 3. The first-order chi connectivity index (χ1) is 15.4. The summed E-state index contributed by atoms with van der Waals surface area (Å²) in [6, 6.07) is 21.8. The number of hydrogen-bond donors (Lipinski definition) is 0. The summed E-state index contributed by atoms with van der Waals surface area (Å²) in [5.41, 5.74) is 0.548. The van der Waals surface area contributed by atoms with Crippen molar-refractivity contribution in [3.8, 4) is 0 Å². The first-order valence-corrected chi connectivity index (χ1v) is 10.4. The van der Waals surface area contributed by atoms with E-state index in [-0.39, 0.29) is 35.9 Å². The zero-order chi connectivity index (χ0) is 22.5. The van der Waals surface area contributed by atoms with E-state index in [9.17, 15) is 24.5 Å². The lowest BCUT2D eigenvalue weighted by atomic mass is 9.54. The molecule has 32 heavy (non-hydrogen) atoms.